The zero-order valence-corrected chi connectivity index (χ0v) is 18.5. The van der Waals surface area contributed by atoms with Crippen molar-refractivity contribution in [3.63, 3.8) is 0 Å². The molecular weight excluding hydrogens is 472 g/mol. The van der Waals surface area contributed by atoms with Crippen LogP contribution in [0.2, 0.25) is 5.02 Å². The van der Waals surface area contributed by atoms with Crippen LogP contribution in [0.25, 0.3) is 5.57 Å². The van der Waals surface area contributed by atoms with Gasteiger partial charge in [-0.1, -0.05) is 66.2 Å². The van der Waals surface area contributed by atoms with Gasteiger partial charge in [-0.05, 0) is 51.3 Å². The van der Waals surface area contributed by atoms with Crippen molar-refractivity contribution >= 4 is 50.8 Å². The minimum Gasteiger partial charge on any atom is -0.481 e. The maximum atomic E-state index is 10.7. The van der Waals surface area contributed by atoms with Crippen LogP contribution in [0.3, 0.4) is 0 Å². The Bertz CT molecular complexity index is 1020. The molecule has 0 aliphatic rings. The SMILES string of the molecule is O=C(O)COc1ccc(SC/C=C(/c2ccccc2)c2ccccc2Cl)cc1Br. The molecule has 0 unspecified atom stereocenters. The summed E-state index contributed by atoms with van der Waals surface area (Å²) in [7, 11) is 0. The number of aliphatic carboxylic acids is 1. The van der Waals surface area contributed by atoms with Crippen LogP contribution < -0.4 is 4.74 Å². The Balaban J connectivity index is 1.78. The molecule has 0 spiro atoms. The highest BCUT2D eigenvalue weighted by Gasteiger charge is 2.09. The van der Waals surface area contributed by atoms with Gasteiger partial charge in [0.2, 0.25) is 0 Å². The van der Waals surface area contributed by atoms with Gasteiger partial charge >= 0.3 is 5.97 Å². The van der Waals surface area contributed by atoms with E-state index >= 15 is 0 Å². The minimum atomic E-state index is -1.01. The minimum absolute atomic E-state index is 0.369. The van der Waals surface area contributed by atoms with Gasteiger partial charge in [-0.25, -0.2) is 4.79 Å². The van der Waals surface area contributed by atoms with Crippen molar-refractivity contribution in [3.8, 4) is 5.75 Å². The van der Waals surface area contributed by atoms with Gasteiger partial charge in [0.15, 0.2) is 6.61 Å². The van der Waals surface area contributed by atoms with Gasteiger partial charge in [-0.15, -0.1) is 11.8 Å². The number of hydrogen-bond acceptors (Lipinski definition) is 3. The van der Waals surface area contributed by atoms with Crippen molar-refractivity contribution < 1.29 is 14.6 Å². The monoisotopic (exact) mass is 488 g/mol. The van der Waals surface area contributed by atoms with Crippen molar-refractivity contribution in [2.75, 3.05) is 12.4 Å². The first-order valence-electron chi connectivity index (χ1n) is 8.82. The Hall–Kier alpha value is -2.21. The Morgan fingerprint density at radius 2 is 1.79 bits per heavy atom. The fourth-order valence-corrected chi connectivity index (χ4v) is 4.42. The summed E-state index contributed by atoms with van der Waals surface area (Å²) in [5.41, 5.74) is 3.20. The van der Waals surface area contributed by atoms with Crippen molar-refractivity contribution in [2.24, 2.45) is 0 Å². The van der Waals surface area contributed by atoms with Crippen LogP contribution in [-0.2, 0) is 4.79 Å². The Labute approximate surface area is 187 Å². The third-order valence-corrected chi connectivity index (χ3v) is 5.91. The predicted molar refractivity (Wildman–Crippen MR) is 123 cm³/mol. The molecule has 0 saturated heterocycles. The van der Waals surface area contributed by atoms with E-state index in [1.165, 1.54) is 0 Å². The van der Waals surface area contributed by atoms with Gasteiger partial charge in [-0.3, -0.25) is 0 Å². The van der Waals surface area contributed by atoms with Crippen LogP contribution in [0.15, 0.2) is 88.2 Å². The lowest BCUT2D eigenvalue weighted by atomic mass is 9.98. The molecule has 0 radical (unpaired) electrons. The van der Waals surface area contributed by atoms with Crippen LogP contribution in [0.1, 0.15) is 11.1 Å². The van der Waals surface area contributed by atoms with E-state index in [4.69, 9.17) is 21.4 Å². The number of carboxylic acid groups (broad SMARTS) is 1. The summed E-state index contributed by atoms with van der Waals surface area (Å²) < 4.78 is 5.97. The molecule has 3 nitrogen and oxygen atoms in total. The van der Waals surface area contributed by atoms with Crippen LogP contribution in [-0.4, -0.2) is 23.4 Å². The molecule has 0 aliphatic heterocycles. The van der Waals surface area contributed by atoms with Gasteiger partial charge < -0.3 is 9.84 Å². The summed E-state index contributed by atoms with van der Waals surface area (Å²) in [4.78, 5) is 11.7. The van der Waals surface area contributed by atoms with E-state index in [2.05, 4.69) is 34.1 Å². The maximum Gasteiger partial charge on any atom is 0.341 e. The van der Waals surface area contributed by atoms with E-state index < -0.39 is 5.97 Å². The topological polar surface area (TPSA) is 46.5 Å². The molecule has 0 aromatic heterocycles. The normalized spacial score (nSPS) is 11.3. The van der Waals surface area contributed by atoms with Crippen molar-refractivity contribution in [1.82, 2.24) is 0 Å². The molecule has 6 heteroatoms. The molecular formula is C23H18BrClO3S. The van der Waals surface area contributed by atoms with Gasteiger partial charge in [0, 0.05) is 21.2 Å². The van der Waals surface area contributed by atoms with Gasteiger partial charge in [0.25, 0.3) is 0 Å². The highest BCUT2D eigenvalue weighted by Crippen LogP contribution is 2.33. The van der Waals surface area contributed by atoms with Crippen molar-refractivity contribution in [1.29, 1.82) is 0 Å². The molecule has 148 valence electrons. The molecule has 1 N–H and O–H groups in total. The number of benzene rings is 3. The van der Waals surface area contributed by atoms with Crippen molar-refractivity contribution in [3.05, 3.63) is 99.5 Å². The zero-order chi connectivity index (χ0) is 20.6. The average molecular weight is 490 g/mol. The largest absolute Gasteiger partial charge is 0.481 e. The fraction of sp³-hybridized carbons (Fsp3) is 0.0870. The van der Waals surface area contributed by atoms with E-state index in [0.29, 0.717) is 5.75 Å². The standard InChI is InChI=1S/C23H18BrClO3S/c24-20-14-17(10-11-22(20)28-15-23(26)27)29-13-12-18(16-6-2-1-3-7-16)19-8-4-5-9-21(19)25/h1-12,14H,13,15H2,(H,26,27)/b18-12-. The maximum absolute atomic E-state index is 10.7. The molecule has 3 aromatic carbocycles. The zero-order valence-electron chi connectivity index (χ0n) is 15.3. The molecule has 29 heavy (non-hydrogen) atoms. The lowest BCUT2D eigenvalue weighted by molar-refractivity contribution is -0.139. The van der Waals surface area contributed by atoms with Gasteiger partial charge in [0.1, 0.15) is 5.75 Å². The molecule has 0 aliphatic carbocycles. The molecule has 0 fully saturated rings. The van der Waals surface area contributed by atoms with Crippen LogP contribution in [0.4, 0.5) is 0 Å². The second-order valence-corrected chi connectivity index (χ2v) is 8.40. The Morgan fingerprint density at radius 3 is 2.48 bits per heavy atom. The molecule has 0 amide bonds. The van der Waals surface area contributed by atoms with Crippen molar-refractivity contribution in [2.45, 2.75) is 4.90 Å². The van der Waals surface area contributed by atoms with E-state index in [0.717, 1.165) is 36.8 Å². The third-order valence-electron chi connectivity index (χ3n) is 4.04. The third kappa shape index (κ3) is 6.13. The fourth-order valence-electron chi connectivity index (χ4n) is 2.73. The summed E-state index contributed by atoms with van der Waals surface area (Å²) in [6, 6.07) is 23.6. The van der Waals surface area contributed by atoms with Crippen LogP contribution in [0, 0.1) is 0 Å². The van der Waals surface area contributed by atoms with E-state index in [-0.39, 0.29) is 6.61 Å². The van der Waals surface area contributed by atoms with Gasteiger partial charge in [0.05, 0.1) is 4.47 Å². The second-order valence-electron chi connectivity index (χ2n) is 6.05. The van der Waals surface area contributed by atoms with Crippen LogP contribution >= 0.6 is 39.3 Å². The Morgan fingerprint density at radius 1 is 1.07 bits per heavy atom. The number of hydrogen-bond donors (Lipinski definition) is 1. The van der Waals surface area contributed by atoms with Gasteiger partial charge in [-0.2, -0.15) is 0 Å². The van der Waals surface area contributed by atoms with E-state index in [1.54, 1.807) is 17.8 Å². The summed E-state index contributed by atoms with van der Waals surface area (Å²) in [6.45, 7) is -0.369. The number of carboxylic acids is 1. The summed E-state index contributed by atoms with van der Waals surface area (Å²) >= 11 is 11.6. The first-order valence-corrected chi connectivity index (χ1v) is 11.0. The predicted octanol–water partition coefficient (Wildman–Crippen LogP) is 6.79. The molecule has 0 atom stereocenters. The second kappa shape index (κ2) is 10.5. The average Bonchev–Trinajstić information content (AvgIpc) is 2.72. The number of ether oxygens (including phenoxy) is 1. The van der Waals surface area contributed by atoms with E-state index in [9.17, 15) is 4.79 Å². The molecule has 0 heterocycles. The number of halogens is 2. The summed E-state index contributed by atoms with van der Waals surface area (Å²) in [5.74, 6) is 0.249. The molecule has 0 saturated carbocycles. The highest BCUT2D eigenvalue weighted by molar-refractivity contribution is 9.10. The highest BCUT2D eigenvalue weighted by atomic mass is 79.9. The lowest BCUT2D eigenvalue weighted by Crippen LogP contribution is -2.09. The number of rotatable bonds is 8. The number of thioether (sulfide) groups is 1. The number of carbonyl (C=O) groups is 1. The summed E-state index contributed by atoms with van der Waals surface area (Å²) in [5, 5.41) is 9.45. The molecule has 3 aromatic rings. The quantitative estimate of drug-likeness (QED) is 0.354. The molecule has 0 bridgehead atoms. The molecule has 3 rings (SSSR count). The lowest BCUT2D eigenvalue weighted by Gasteiger charge is -2.11. The Kier molecular flexibility index (Phi) is 7.81. The first kappa shape index (κ1) is 21.5. The van der Waals surface area contributed by atoms with E-state index in [1.807, 2.05) is 54.6 Å². The first-order chi connectivity index (χ1) is 14.0. The summed E-state index contributed by atoms with van der Waals surface area (Å²) in [6.07, 6.45) is 2.17. The smallest absolute Gasteiger partial charge is 0.341 e. The van der Waals surface area contributed by atoms with Crippen LogP contribution in [0.5, 0.6) is 5.75 Å².